The van der Waals surface area contributed by atoms with Gasteiger partial charge in [0.1, 0.15) is 5.75 Å². The van der Waals surface area contributed by atoms with Gasteiger partial charge in [0.15, 0.2) is 0 Å². The summed E-state index contributed by atoms with van der Waals surface area (Å²) in [5.74, 6) is 0.857. The summed E-state index contributed by atoms with van der Waals surface area (Å²) in [5.41, 5.74) is 1.23. The molecule has 1 saturated heterocycles. The Kier molecular flexibility index (Phi) is 6.91. The van der Waals surface area contributed by atoms with Crippen LogP contribution < -0.4 is 10.1 Å². The molecule has 27 heavy (non-hydrogen) atoms. The Morgan fingerprint density at radius 2 is 1.85 bits per heavy atom. The number of hydrogen-bond acceptors (Lipinski definition) is 4. The lowest BCUT2D eigenvalue weighted by Gasteiger charge is -2.35. The number of piperidine rings is 1. The minimum atomic E-state index is -0.110. The van der Waals surface area contributed by atoms with Crippen molar-refractivity contribution in [1.82, 2.24) is 10.2 Å². The average molecular weight is 387 g/mol. The van der Waals surface area contributed by atoms with Gasteiger partial charge in [0.25, 0.3) is 0 Å². The van der Waals surface area contributed by atoms with E-state index < -0.39 is 0 Å². The number of amides is 1. The van der Waals surface area contributed by atoms with Crippen LogP contribution in [0.5, 0.6) is 5.75 Å². The van der Waals surface area contributed by atoms with Gasteiger partial charge in [-0.15, -0.1) is 11.3 Å². The molecule has 1 aliphatic heterocycles. The number of methoxy groups -OCH3 is 1. The van der Waals surface area contributed by atoms with Gasteiger partial charge in [-0.2, -0.15) is 0 Å². The zero-order valence-corrected chi connectivity index (χ0v) is 17.3. The van der Waals surface area contributed by atoms with Crippen LogP contribution in [0.2, 0.25) is 0 Å². The van der Waals surface area contributed by atoms with Crippen molar-refractivity contribution in [1.29, 1.82) is 0 Å². The van der Waals surface area contributed by atoms with Crippen molar-refractivity contribution in [2.24, 2.45) is 0 Å². The van der Waals surface area contributed by atoms with E-state index in [1.54, 1.807) is 18.4 Å². The van der Waals surface area contributed by atoms with Crippen LogP contribution in [0.4, 0.5) is 0 Å². The molecule has 2 heterocycles. The van der Waals surface area contributed by atoms with Crippen LogP contribution in [0, 0.1) is 6.92 Å². The summed E-state index contributed by atoms with van der Waals surface area (Å²) in [4.78, 5) is 17.6. The molecule has 1 aromatic heterocycles. The number of carbonyl (C=O) groups is 1. The second kappa shape index (κ2) is 9.38. The minimum Gasteiger partial charge on any atom is -0.497 e. The van der Waals surface area contributed by atoms with Crippen LogP contribution >= 0.6 is 11.3 Å². The molecule has 1 aromatic carbocycles. The molecule has 2 aromatic rings. The fourth-order valence-electron chi connectivity index (χ4n) is 3.68. The number of ether oxygens (including phenoxy) is 1. The Bertz CT molecular complexity index is 735. The van der Waals surface area contributed by atoms with E-state index in [9.17, 15) is 4.79 Å². The van der Waals surface area contributed by atoms with Gasteiger partial charge >= 0.3 is 0 Å². The standard InChI is InChI=1S/C22H30N2O2S/c1-16-7-12-21(27-16)17(2)22(25)23-15-20(24-13-5-4-6-14-24)18-8-10-19(26-3)11-9-18/h7-12,17,20H,4-6,13-15H2,1-3H3,(H,23,25)/t17-,20+/m1/s1. The maximum Gasteiger partial charge on any atom is 0.228 e. The molecule has 5 heteroatoms. The van der Waals surface area contributed by atoms with Crippen molar-refractivity contribution in [3.05, 3.63) is 51.7 Å². The summed E-state index contributed by atoms with van der Waals surface area (Å²) in [6, 6.07) is 12.6. The first-order chi connectivity index (χ1) is 13.1. The van der Waals surface area contributed by atoms with Crippen molar-refractivity contribution in [3.8, 4) is 5.75 Å². The summed E-state index contributed by atoms with van der Waals surface area (Å²) in [6.07, 6.45) is 3.75. The molecule has 0 radical (unpaired) electrons. The topological polar surface area (TPSA) is 41.6 Å². The van der Waals surface area contributed by atoms with Gasteiger partial charge in [-0.05, 0) is 69.6 Å². The molecular formula is C22H30N2O2S. The van der Waals surface area contributed by atoms with E-state index >= 15 is 0 Å². The van der Waals surface area contributed by atoms with E-state index in [0.717, 1.165) is 23.7 Å². The molecule has 4 nitrogen and oxygen atoms in total. The number of hydrogen-bond donors (Lipinski definition) is 1. The Morgan fingerprint density at radius 1 is 1.15 bits per heavy atom. The number of rotatable bonds is 7. The van der Waals surface area contributed by atoms with Crippen molar-refractivity contribution >= 4 is 17.2 Å². The van der Waals surface area contributed by atoms with Gasteiger partial charge < -0.3 is 10.1 Å². The van der Waals surface area contributed by atoms with E-state index in [-0.39, 0.29) is 17.9 Å². The first-order valence-electron chi connectivity index (χ1n) is 9.80. The summed E-state index contributed by atoms with van der Waals surface area (Å²) in [6.45, 7) is 6.89. The second-order valence-corrected chi connectivity index (χ2v) is 8.62. The molecule has 0 spiro atoms. The third kappa shape index (κ3) is 5.11. The maximum absolute atomic E-state index is 12.7. The summed E-state index contributed by atoms with van der Waals surface area (Å²) < 4.78 is 5.29. The molecule has 146 valence electrons. The highest BCUT2D eigenvalue weighted by Crippen LogP contribution is 2.27. The molecule has 1 amide bonds. The van der Waals surface area contributed by atoms with E-state index in [2.05, 4.69) is 41.4 Å². The highest BCUT2D eigenvalue weighted by atomic mass is 32.1. The van der Waals surface area contributed by atoms with E-state index in [4.69, 9.17) is 4.74 Å². The molecule has 3 rings (SSSR count). The van der Waals surface area contributed by atoms with Gasteiger partial charge in [-0.3, -0.25) is 9.69 Å². The van der Waals surface area contributed by atoms with Crippen LogP contribution in [0.1, 0.15) is 53.5 Å². The third-order valence-electron chi connectivity index (χ3n) is 5.38. The smallest absolute Gasteiger partial charge is 0.228 e. The SMILES string of the molecule is COc1ccc([C@H](CNC(=O)[C@H](C)c2ccc(C)s2)N2CCCCC2)cc1. The van der Waals surface area contributed by atoms with Gasteiger partial charge in [0.2, 0.25) is 5.91 Å². The summed E-state index contributed by atoms with van der Waals surface area (Å²) >= 11 is 1.70. The van der Waals surface area contributed by atoms with Gasteiger partial charge in [-0.25, -0.2) is 0 Å². The normalized spacial score (nSPS) is 17.3. The number of nitrogens with one attached hydrogen (secondary N) is 1. The number of nitrogens with zero attached hydrogens (tertiary/aromatic N) is 1. The zero-order chi connectivity index (χ0) is 19.2. The van der Waals surface area contributed by atoms with E-state index in [0.29, 0.717) is 6.54 Å². The third-order valence-corrected chi connectivity index (χ3v) is 6.57. The number of thiophene rings is 1. The zero-order valence-electron chi connectivity index (χ0n) is 16.5. The van der Waals surface area contributed by atoms with Crippen molar-refractivity contribution in [2.45, 2.75) is 45.1 Å². The first kappa shape index (κ1) is 19.9. The monoisotopic (exact) mass is 386 g/mol. The van der Waals surface area contributed by atoms with Gasteiger partial charge in [0, 0.05) is 16.3 Å². The summed E-state index contributed by atoms with van der Waals surface area (Å²) in [5, 5.41) is 3.21. The maximum atomic E-state index is 12.7. The van der Waals surface area contributed by atoms with Crippen LogP contribution in [-0.4, -0.2) is 37.6 Å². The Labute approximate surface area is 166 Å². The minimum absolute atomic E-state index is 0.104. The molecule has 1 aliphatic rings. The average Bonchev–Trinajstić information content (AvgIpc) is 3.15. The number of carbonyl (C=O) groups excluding carboxylic acids is 1. The second-order valence-electron chi connectivity index (χ2n) is 7.30. The van der Waals surface area contributed by atoms with Gasteiger partial charge in [0.05, 0.1) is 19.1 Å². The predicted octanol–water partition coefficient (Wildman–Crippen LogP) is 4.51. The lowest BCUT2D eigenvalue weighted by atomic mass is 10.0. The predicted molar refractivity (Wildman–Crippen MR) is 112 cm³/mol. The Morgan fingerprint density at radius 3 is 2.44 bits per heavy atom. The van der Waals surface area contributed by atoms with Crippen molar-refractivity contribution in [3.63, 3.8) is 0 Å². The van der Waals surface area contributed by atoms with Crippen LogP contribution in [-0.2, 0) is 4.79 Å². The molecule has 0 bridgehead atoms. The fraction of sp³-hybridized carbons (Fsp3) is 0.500. The first-order valence-corrected chi connectivity index (χ1v) is 10.6. The molecule has 0 aliphatic carbocycles. The fourth-order valence-corrected chi connectivity index (χ4v) is 4.61. The number of aryl methyl sites for hydroxylation is 1. The van der Waals surface area contributed by atoms with Crippen LogP contribution in [0.3, 0.4) is 0 Å². The molecule has 1 fully saturated rings. The lowest BCUT2D eigenvalue weighted by molar-refractivity contribution is -0.122. The van der Waals surface area contributed by atoms with Gasteiger partial charge in [-0.1, -0.05) is 18.6 Å². The highest BCUT2D eigenvalue weighted by molar-refractivity contribution is 7.12. The van der Waals surface area contributed by atoms with Crippen LogP contribution in [0.15, 0.2) is 36.4 Å². The lowest BCUT2D eigenvalue weighted by Crippen LogP contribution is -2.41. The largest absolute Gasteiger partial charge is 0.497 e. The molecule has 1 N–H and O–H groups in total. The van der Waals surface area contributed by atoms with Crippen LogP contribution in [0.25, 0.3) is 0 Å². The number of likely N-dealkylation sites (tertiary alicyclic amines) is 1. The molecular weight excluding hydrogens is 356 g/mol. The molecule has 2 atom stereocenters. The number of benzene rings is 1. The molecule has 0 unspecified atom stereocenters. The Hall–Kier alpha value is -1.85. The quantitative estimate of drug-likeness (QED) is 0.761. The van der Waals surface area contributed by atoms with E-state index in [1.807, 2.05) is 19.1 Å². The molecule has 0 saturated carbocycles. The Balaban J connectivity index is 1.69. The summed E-state index contributed by atoms with van der Waals surface area (Å²) in [7, 11) is 1.69. The van der Waals surface area contributed by atoms with E-state index in [1.165, 1.54) is 29.7 Å². The highest BCUT2D eigenvalue weighted by Gasteiger charge is 2.24. The van der Waals surface area contributed by atoms with Crippen molar-refractivity contribution in [2.75, 3.05) is 26.7 Å². The van der Waals surface area contributed by atoms with Crippen molar-refractivity contribution < 1.29 is 9.53 Å².